The van der Waals surface area contributed by atoms with Crippen molar-refractivity contribution >= 4 is 11.5 Å². The lowest BCUT2D eigenvalue weighted by Gasteiger charge is -2.02. The molecule has 0 saturated heterocycles. The van der Waals surface area contributed by atoms with Gasteiger partial charge in [0.2, 0.25) is 0 Å². The molecule has 0 fully saturated rings. The van der Waals surface area contributed by atoms with Gasteiger partial charge in [-0.2, -0.15) is 0 Å². The van der Waals surface area contributed by atoms with Crippen LogP contribution in [0.5, 0.6) is 0 Å². The largest absolute Gasteiger partial charge is 0.399 e. The molecule has 2 aromatic heterocycles. The van der Waals surface area contributed by atoms with Gasteiger partial charge in [-0.05, 0) is 13.0 Å². The minimum absolute atomic E-state index is 0.553. The van der Waals surface area contributed by atoms with Gasteiger partial charge < -0.3 is 15.6 Å². The van der Waals surface area contributed by atoms with E-state index in [0.717, 1.165) is 17.3 Å². The Morgan fingerprint density at radius 1 is 1.47 bits per heavy atom. The van der Waals surface area contributed by atoms with E-state index in [1.807, 2.05) is 13.0 Å². The molecule has 0 spiro atoms. The number of nitrogens with zero attached hydrogens (tertiary/aromatic N) is 2. The van der Waals surface area contributed by atoms with Crippen molar-refractivity contribution in [2.45, 2.75) is 13.5 Å². The summed E-state index contributed by atoms with van der Waals surface area (Å²) < 4.78 is 5.04. The Hall–Kier alpha value is -2.04. The van der Waals surface area contributed by atoms with Gasteiger partial charge in [-0.25, -0.2) is 4.98 Å². The number of nitrogens with two attached hydrogens (primary N) is 1. The van der Waals surface area contributed by atoms with Gasteiger partial charge in [0.25, 0.3) is 0 Å². The SMILES string of the molecule is Cc1cc(CNc2cc(N)ccn2)on1. The molecule has 15 heavy (non-hydrogen) atoms. The molecule has 0 aliphatic heterocycles. The molecular formula is C10H12N4O. The molecule has 3 N–H and O–H groups in total. The fraction of sp³-hybridized carbons (Fsp3) is 0.200. The first kappa shape index (κ1) is 9.51. The summed E-state index contributed by atoms with van der Waals surface area (Å²) in [4.78, 5) is 4.11. The summed E-state index contributed by atoms with van der Waals surface area (Å²) in [7, 11) is 0. The number of rotatable bonds is 3. The predicted molar refractivity (Wildman–Crippen MR) is 57.2 cm³/mol. The normalized spacial score (nSPS) is 10.2. The molecule has 0 aliphatic carbocycles. The predicted octanol–water partition coefficient (Wildman–Crippen LogP) is 1.57. The molecule has 0 aromatic carbocycles. The highest BCUT2D eigenvalue weighted by Gasteiger charge is 2.00. The van der Waals surface area contributed by atoms with Crippen molar-refractivity contribution < 1.29 is 4.52 Å². The Morgan fingerprint density at radius 3 is 3.00 bits per heavy atom. The van der Waals surface area contributed by atoms with Gasteiger partial charge in [-0.15, -0.1) is 0 Å². The first-order valence-corrected chi connectivity index (χ1v) is 4.61. The van der Waals surface area contributed by atoms with Crippen LogP contribution in [-0.4, -0.2) is 10.1 Å². The maximum atomic E-state index is 5.62. The first-order valence-electron chi connectivity index (χ1n) is 4.61. The van der Waals surface area contributed by atoms with Crippen LogP contribution in [0.4, 0.5) is 11.5 Å². The van der Waals surface area contributed by atoms with Crippen LogP contribution in [0.2, 0.25) is 0 Å². The van der Waals surface area contributed by atoms with Crippen LogP contribution in [0, 0.1) is 6.92 Å². The zero-order chi connectivity index (χ0) is 10.7. The van der Waals surface area contributed by atoms with E-state index in [-0.39, 0.29) is 0 Å². The molecule has 0 amide bonds. The Kier molecular flexibility index (Phi) is 2.53. The Balaban J connectivity index is 1.99. The van der Waals surface area contributed by atoms with Crippen LogP contribution < -0.4 is 11.1 Å². The van der Waals surface area contributed by atoms with E-state index >= 15 is 0 Å². The maximum absolute atomic E-state index is 5.62. The highest BCUT2D eigenvalue weighted by Crippen LogP contribution is 2.10. The van der Waals surface area contributed by atoms with Crippen molar-refractivity contribution in [3.8, 4) is 0 Å². The number of aromatic nitrogens is 2. The lowest BCUT2D eigenvalue weighted by molar-refractivity contribution is 0.384. The molecule has 78 valence electrons. The second-order valence-electron chi connectivity index (χ2n) is 3.26. The monoisotopic (exact) mass is 204 g/mol. The van der Waals surface area contributed by atoms with E-state index in [4.69, 9.17) is 10.3 Å². The van der Waals surface area contributed by atoms with Crippen LogP contribution in [0.3, 0.4) is 0 Å². The summed E-state index contributed by atoms with van der Waals surface area (Å²) in [6.45, 7) is 2.43. The number of aryl methyl sites for hydroxylation is 1. The summed E-state index contributed by atoms with van der Waals surface area (Å²) in [6, 6.07) is 5.38. The molecule has 5 nitrogen and oxygen atoms in total. The molecule has 2 aromatic rings. The van der Waals surface area contributed by atoms with Crippen molar-refractivity contribution in [2.24, 2.45) is 0 Å². The highest BCUT2D eigenvalue weighted by atomic mass is 16.5. The molecule has 5 heteroatoms. The van der Waals surface area contributed by atoms with E-state index in [2.05, 4.69) is 15.5 Å². The molecule has 0 unspecified atom stereocenters. The van der Waals surface area contributed by atoms with Gasteiger partial charge in [0, 0.05) is 24.0 Å². The zero-order valence-corrected chi connectivity index (χ0v) is 8.40. The fourth-order valence-electron chi connectivity index (χ4n) is 1.22. The van der Waals surface area contributed by atoms with Crippen LogP contribution in [-0.2, 0) is 6.54 Å². The zero-order valence-electron chi connectivity index (χ0n) is 8.40. The summed E-state index contributed by atoms with van der Waals surface area (Å²) in [5.74, 6) is 1.50. The molecule has 0 aliphatic rings. The third kappa shape index (κ3) is 2.46. The van der Waals surface area contributed by atoms with Gasteiger partial charge in [-0.3, -0.25) is 0 Å². The molecule has 2 heterocycles. The third-order valence-corrected chi connectivity index (χ3v) is 1.90. The molecule has 0 saturated carbocycles. The average Bonchev–Trinajstić information content (AvgIpc) is 2.62. The topological polar surface area (TPSA) is 77.0 Å². The quantitative estimate of drug-likeness (QED) is 0.793. The Morgan fingerprint density at radius 2 is 2.33 bits per heavy atom. The van der Waals surface area contributed by atoms with Crippen molar-refractivity contribution in [1.82, 2.24) is 10.1 Å². The molecular weight excluding hydrogens is 192 g/mol. The molecule has 0 radical (unpaired) electrons. The van der Waals surface area contributed by atoms with E-state index in [1.165, 1.54) is 0 Å². The standard InChI is InChI=1S/C10H12N4O/c1-7-4-9(15-14-7)6-13-10-5-8(11)2-3-12-10/h2-5H,6H2,1H3,(H3,11,12,13). The minimum Gasteiger partial charge on any atom is -0.399 e. The van der Waals surface area contributed by atoms with Crippen LogP contribution in [0.25, 0.3) is 0 Å². The highest BCUT2D eigenvalue weighted by molar-refractivity contribution is 5.48. The van der Waals surface area contributed by atoms with Crippen molar-refractivity contribution in [2.75, 3.05) is 11.1 Å². The summed E-state index contributed by atoms with van der Waals surface area (Å²) in [6.07, 6.45) is 1.66. The summed E-state index contributed by atoms with van der Waals surface area (Å²) in [5, 5.41) is 6.88. The lowest BCUT2D eigenvalue weighted by Crippen LogP contribution is -2.00. The molecule has 2 rings (SSSR count). The van der Waals surface area contributed by atoms with Crippen LogP contribution in [0.15, 0.2) is 28.9 Å². The van der Waals surface area contributed by atoms with E-state index in [9.17, 15) is 0 Å². The molecule has 0 bridgehead atoms. The van der Waals surface area contributed by atoms with Gasteiger partial charge in [-0.1, -0.05) is 5.16 Å². The number of anilines is 2. The maximum Gasteiger partial charge on any atom is 0.156 e. The number of pyridine rings is 1. The molecule has 0 atom stereocenters. The summed E-state index contributed by atoms with van der Waals surface area (Å²) in [5.41, 5.74) is 7.17. The van der Waals surface area contributed by atoms with Crippen LogP contribution >= 0.6 is 0 Å². The van der Waals surface area contributed by atoms with Crippen molar-refractivity contribution in [3.05, 3.63) is 35.9 Å². The number of nitrogen functional groups attached to an aromatic ring is 1. The van der Waals surface area contributed by atoms with E-state index in [1.54, 1.807) is 18.3 Å². The van der Waals surface area contributed by atoms with Crippen molar-refractivity contribution in [3.63, 3.8) is 0 Å². The van der Waals surface area contributed by atoms with Gasteiger partial charge in [0.15, 0.2) is 5.76 Å². The van der Waals surface area contributed by atoms with E-state index < -0.39 is 0 Å². The second-order valence-corrected chi connectivity index (χ2v) is 3.26. The summed E-state index contributed by atoms with van der Waals surface area (Å²) >= 11 is 0. The Bertz CT molecular complexity index is 452. The Labute approximate surface area is 87.3 Å². The minimum atomic E-state index is 0.553. The van der Waals surface area contributed by atoms with Crippen molar-refractivity contribution in [1.29, 1.82) is 0 Å². The van der Waals surface area contributed by atoms with Gasteiger partial charge in [0.1, 0.15) is 5.82 Å². The van der Waals surface area contributed by atoms with Gasteiger partial charge in [0.05, 0.1) is 12.2 Å². The number of hydrogen-bond donors (Lipinski definition) is 2. The van der Waals surface area contributed by atoms with Crippen LogP contribution in [0.1, 0.15) is 11.5 Å². The van der Waals surface area contributed by atoms with Gasteiger partial charge >= 0.3 is 0 Å². The fourth-order valence-corrected chi connectivity index (χ4v) is 1.22. The third-order valence-electron chi connectivity index (χ3n) is 1.90. The lowest BCUT2D eigenvalue weighted by atomic mass is 10.3. The number of nitrogens with one attached hydrogen (secondary N) is 1. The average molecular weight is 204 g/mol. The first-order chi connectivity index (χ1) is 7.24. The second kappa shape index (κ2) is 4.00. The smallest absolute Gasteiger partial charge is 0.156 e. The van der Waals surface area contributed by atoms with E-state index in [0.29, 0.717) is 12.2 Å². The number of hydrogen-bond acceptors (Lipinski definition) is 5.